The Kier molecular flexibility index (Phi) is 5.52. The SMILES string of the molecule is Cc1ccc(-n2nccn2)c(C(=O)N[C@@H](C)Cn2cc(-c3ccc(F)c(F)c3)cn2)n1. The van der Waals surface area contributed by atoms with Crippen LogP contribution in [0.25, 0.3) is 16.8 Å². The second-order valence-corrected chi connectivity index (χ2v) is 7.09. The number of aryl methyl sites for hydroxylation is 1. The average molecular weight is 423 g/mol. The Morgan fingerprint density at radius 2 is 1.84 bits per heavy atom. The van der Waals surface area contributed by atoms with Crippen LogP contribution in [0.15, 0.2) is 55.1 Å². The Labute approximate surface area is 176 Å². The lowest BCUT2D eigenvalue weighted by atomic mass is 10.1. The number of carbonyl (C=O) groups is 1. The maximum atomic E-state index is 13.5. The van der Waals surface area contributed by atoms with Crippen molar-refractivity contribution in [2.45, 2.75) is 26.4 Å². The third-order valence-corrected chi connectivity index (χ3v) is 4.59. The smallest absolute Gasteiger partial charge is 0.272 e. The molecule has 0 aliphatic carbocycles. The van der Waals surface area contributed by atoms with Gasteiger partial charge in [-0.15, -0.1) is 4.80 Å². The van der Waals surface area contributed by atoms with Gasteiger partial charge < -0.3 is 5.32 Å². The molecular formula is C21H19F2N7O. The number of nitrogens with one attached hydrogen (secondary N) is 1. The van der Waals surface area contributed by atoms with Crippen LogP contribution >= 0.6 is 0 Å². The predicted molar refractivity (Wildman–Crippen MR) is 108 cm³/mol. The molecule has 0 spiro atoms. The second-order valence-electron chi connectivity index (χ2n) is 7.09. The van der Waals surface area contributed by atoms with Crippen molar-refractivity contribution in [3.8, 4) is 16.8 Å². The number of benzene rings is 1. The number of carbonyl (C=O) groups excluding carboxylic acids is 1. The summed E-state index contributed by atoms with van der Waals surface area (Å²) in [7, 11) is 0. The van der Waals surface area contributed by atoms with Crippen molar-refractivity contribution in [3.63, 3.8) is 0 Å². The molecule has 0 unspecified atom stereocenters. The normalized spacial score (nSPS) is 12.0. The standard InChI is InChI=1S/C21H19F2N7O/c1-13-3-6-19(30-24-7-8-25-30)20(27-13)21(31)28-14(2)11-29-12-16(10-26-29)15-4-5-17(22)18(23)9-15/h3-10,12,14H,11H2,1-2H3,(H,28,31)/t14-/m0/s1. The lowest BCUT2D eigenvalue weighted by molar-refractivity contribution is 0.0930. The molecule has 0 radical (unpaired) electrons. The lowest BCUT2D eigenvalue weighted by Crippen LogP contribution is -2.37. The predicted octanol–water partition coefficient (Wildman–Crippen LogP) is 2.93. The molecule has 8 nitrogen and oxygen atoms in total. The zero-order chi connectivity index (χ0) is 22.0. The number of nitrogens with zero attached hydrogens (tertiary/aromatic N) is 6. The van der Waals surface area contributed by atoms with Crippen LogP contribution in [0.4, 0.5) is 8.78 Å². The summed E-state index contributed by atoms with van der Waals surface area (Å²) in [5.74, 6) is -2.18. The first kappa shape index (κ1) is 20.3. The van der Waals surface area contributed by atoms with Crippen molar-refractivity contribution in [2.75, 3.05) is 0 Å². The van der Waals surface area contributed by atoms with E-state index in [-0.39, 0.29) is 17.6 Å². The first-order valence-corrected chi connectivity index (χ1v) is 9.54. The van der Waals surface area contributed by atoms with Crippen LogP contribution in [0.3, 0.4) is 0 Å². The first-order valence-electron chi connectivity index (χ1n) is 9.54. The highest BCUT2D eigenvalue weighted by Gasteiger charge is 2.18. The molecule has 0 saturated carbocycles. The minimum absolute atomic E-state index is 0.214. The summed E-state index contributed by atoms with van der Waals surface area (Å²) in [4.78, 5) is 18.5. The van der Waals surface area contributed by atoms with Crippen LogP contribution in [-0.2, 0) is 6.54 Å². The summed E-state index contributed by atoms with van der Waals surface area (Å²) in [6.45, 7) is 4.00. The molecule has 10 heteroatoms. The Bertz CT molecular complexity index is 1220. The number of hydrogen-bond acceptors (Lipinski definition) is 5. The van der Waals surface area contributed by atoms with Gasteiger partial charge in [0.25, 0.3) is 5.91 Å². The van der Waals surface area contributed by atoms with E-state index in [1.54, 1.807) is 36.1 Å². The van der Waals surface area contributed by atoms with Gasteiger partial charge in [-0.3, -0.25) is 9.48 Å². The van der Waals surface area contributed by atoms with Gasteiger partial charge in [0.05, 0.1) is 25.1 Å². The third-order valence-electron chi connectivity index (χ3n) is 4.59. The highest BCUT2D eigenvalue weighted by atomic mass is 19.2. The Morgan fingerprint density at radius 1 is 1.06 bits per heavy atom. The van der Waals surface area contributed by atoms with E-state index in [1.807, 2.05) is 6.92 Å². The molecule has 1 amide bonds. The van der Waals surface area contributed by atoms with Crippen LogP contribution in [0.2, 0.25) is 0 Å². The summed E-state index contributed by atoms with van der Waals surface area (Å²) < 4.78 is 28.3. The van der Waals surface area contributed by atoms with Crippen molar-refractivity contribution < 1.29 is 13.6 Å². The summed E-state index contributed by atoms with van der Waals surface area (Å²) >= 11 is 0. The maximum Gasteiger partial charge on any atom is 0.272 e. The Balaban J connectivity index is 1.47. The van der Waals surface area contributed by atoms with Crippen LogP contribution in [0.1, 0.15) is 23.1 Å². The van der Waals surface area contributed by atoms with Gasteiger partial charge in [0.15, 0.2) is 17.3 Å². The average Bonchev–Trinajstić information content (AvgIpc) is 3.42. The number of aromatic nitrogens is 6. The van der Waals surface area contributed by atoms with E-state index in [4.69, 9.17) is 0 Å². The van der Waals surface area contributed by atoms with Gasteiger partial charge in [-0.1, -0.05) is 6.07 Å². The lowest BCUT2D eigenvalue weighted by Gasteiger charge is -2.15. The van der Waals surface area contributed by atoms with E-state index in [0.717, 1.165) is 12.1 Å². The molecule has 0 fully saturated rings. The number of hydrogen-bond donors (Lipinski definition) is 1. The van der Waals surface area contributed by atoms with Crippen LogP contribution in [0, 0.1) is 18.6 Å². The van der Waals surface area contributed by atoms with Crippen LogP contribution in [-0.4, -0.2) is 41.7 Å². The summed E-state index contributed by atoms with van der Waals surface area (Å²) in [5, 5.41) is 15.3. The summed E-state index contributed by atoms with van der Waals surface area (Å²) in [6.07, 6.45) is 6.31. The van der Waals surface area contributed by atoms with E-state index in [9.17, 15) is 13.6 Å². The highest BCUT2D eigenvalue weighted by molar-refractivity contribution is 5.95. The van der Waals surface area contributed by atoms with Crippen molar-refractivity contribution in [1.29, 1.82) is 0 Å². The molecule has 1 aromatic carbocycles. The van der Waals surface area contributed by atoms with E-state index in [2.05, 4.69) is 25.6 Å². The van der Waals surface area contributed by atoms with Crippen molar-refractivity contribution >= 4 is 5.91 Å². The fourth-order valence-corrected chi connectivity index (χ4v) is 3.12. The van der Waals surface area contributed by atoms with Gasteiger partial charge in [0, 0.05) is 23.5 Å². The highest BCUT2D eigenvalue weighted by Crippen LogP contribution is 2.21. The molecule has 1 N–H and O–H groups in total. The fourth-order valence-electron chi connectivity index (χ4n) is 3.12. The van der Waals surface area contributed by atoms with Crippen molar-refractivity contribution in [2.24, 2.45) is 0 Å². The van der Waals surface area contributed by atoms with Crippen LogP contribution in [0.5, 0.6) is 0 Å². The second kappa shape index (κ2) is 8.42. The summed E-state index contributed by atoms with van der Waals surface area (Å²) in [6, 6.07) is 6.92. The number of rotatable bonds is 6. The number of amides is 1. The van der Waals surface area contributed by atoms with Gasteiger partial charge in [-0.25, -0.2) is 13.8 Å². The van der Waals surface area contributed by atoms with E-state index in [1.165, 1.54) is 23.3 Å². The molecule has 0 aliphatic rings. The molecule has 3 heterocycles. The Hall–Kier alpha value is -3.95. The maximum absolute atomic E-state index is 13.5. The van der Waals surface area contributed by atoms with Gasteiger partial charge in [0.2, 0.25) is 0 Å². The van der Waals surface area contributed by atoms with Gasteiger partial charge in [-0.05, 0) is 43.7 Å². The Morgan fingerprint density at radius 3 is 2.58 bits per heavy atom. The molecule has 1 atom stereocenters. The molecule has 158 valence electrons. The molecule has 0 bridgehead atoms. The topological polar surface area (TPSA) is 90.5 Å². The monoisotopic (exact) mass is 423 g/mol. The molecule has 31 heavy (non-hydrogen) atoms. The third kappa shape index (κ3) is 4.47. The quantitative estimate of drug-likeness (QED) is 0.515. The van der Waals surface area contributed by atoms with E-state index < -0.39 is 11.6 Å². The van der Waals surface area contributed by atoms with E-state index >= 15 is 0 Å². The number of halogens is 2. The summed E-state index contributed by atoms with van der Waals surface area (Å²) in [5.41, 5.74) is 2.54. The minimum atomic E-state index is -0.918. The van der Waals surface area contributed by atoms with Gasteiger partial charge in [0.1, 0.15) is 5.69 Å². The molecular weight excluding hydrogens is 404 g/mol. The van der Waals surface area contributed by atoms with Crippen LogP contribution < -0.4 is 5.32 Å². The first-order chi connectivity index (χ1) is 14.9. The minimum Gasteiger partial charge on any atom is -0.346 e. The molecule has 3 aromatic heterocycles. The van der Waals surface area contributed by atoms with Gasteiger partial charge >= 0.3 is 0 Å². The molecule has 4 rings (SSSR count). The molecule has 4 aromatic rings. The zero-order valence-corrected chi connectivity index (χ0v) is 16.8. The molecule has 0 aliphatic heterocycles. The number of pyridine rings is 1. The van der Waals surface area contributed by atoms with Gasteiger partial charge in [-0.2, -0.15) is 15.3 Å². The molecule has 0 saturated heterocycles. The fraction of sp³-hybridized carbons (Fsp3) is 0.190. The van der Waals surface area contributed by atoms with E-state index in [0.29, 0.717) is 29.1 Å². The largest absolute Gasteiger partial charge is 0.346 e. The van der Waals surface area contributed by atoms with Crippen molar-refractivity contribution in [3.05, 3.63) is 78.1 Å². The zero-order valence-electron chi connectivity index (χ0n) is 16.8. The van der Waals surface area contributed by atoms with Crippen molar-refractivity contribution in [1.82, 2.24) is 35.1 Å².